The summed E-state index contributed by atoms with van der Waals surface area (Å²) in [6.07, 6.45) is 11.2. The molecular weight excluding hydrogens is 226 g/mol. The van der Waals surface area contributed by atoms with Gasteiger partial charge in [0.15, 0.2) is 0 Å². The van der Waals surface area contributed by atoms with Gasteiger partial charge in [0.05, 0.1) is 13.1 Å². The number of carbonyl (C=O) groups excluding carboxylic acids is 1. The number of hydrogen-bond acceptors (Lipinski definition) is 3. The number of rotatable bonds is 4. The van der Waals surface area contributed by atoms with Crippen LogP contribution in [0.4, 0.5) is 0 Å². The first-order valence-electron chi connectivity index (χ1n) is 6.86. The van der Waals surface area contributed by atoms with E-state index in [4.69, 9.17) is 6.42 Å². The minimum atomic E-state index is 0.0675. The molecule has 0 radical (unpaired) electrons. The van der Waals surface area contributed by atoms with Crippen LogP contribution in [0.2, 0.25) is 0 Å². The number of nitrogens with one attached hydrogen (secondary N) is 2. The van der Waals surface area contributed by atoms with Crippen LogP contribution in [0.15, 0.2) is 0 Å². The number of nitrogens with zero attached hydrogens (tertiary/aromatic N) is 1. The van der Waals surface area contributed by atoms with Crippen LogP contribution in [0.25, 0.3) is 0 Å². The average molecular weight is 249 g/mol. The predicted molar refractivity (Wildman–Crippen MR) is 72.1 cm³/mol. The zero-order valence-electron chi connectivity index (χ0n) is 11.1. The van der Waals surface area contributed by atoms with Crippen molar-refractivity contribution >= 4 is 5.91 Å². The minimum absolute atomic E-state index is 0.0675. The maximum absolute atomic E-state index is 11.7. The fraction of sp³-hybridized carbons (Fsp3) is 0.786. The summed E-state index contributed by atoms with van der Waals surface area (Å²) >= 11 is 0. The lowest BCUT2D eigenvalue weighted by molar-refractivity contribution is -0.121. The summed E-state index contributed by atoms with van der Waals surface area (Å²) in [6, 6.07) is 1.65. The van der Waals surface area contributed by atoms with Crippen LogP contribution >= 0.6 is 0 Å². The smallest absolute Gasteiger partial charge is 0.234 e. The van der Waals surface area contributed by atoms with Gasteiger partial charge in [0.25, 0.3) is 0 Å². The van der Waals surface area contributed by atoms with Gasteiger partial charge in [-0.15, -0.1) is 6.42 Å². The van der Waals surface area contributed by atoms with Gasteiger partial charge >= 0.3 is 0 Å². The Morgan fingerprint density at radius 1 is 1.39 bits per heavy atom. The highest BCUT2D eigenvalue weighted by molar-refractivity contribution is 5.78. The van der Waals surface area contributed by atoms with E-state index in [9.17, 15) is 4.79 Å². The van der Waals surface area contributed by atoms with Crippen LogP contribution in [0.1, 0.15) is 32.1 Å². The molecule has 2 fully saturated rings. The largest absolute Gasteiger partial charge is 0.352 e. The van der Waals surface area contributed by atoms with E-state index >= 15 is 0 Å². The van der Waals surface area contributed by atoms with Crippen LogP contribution in [0, 0.1) is 12.3 Å². The van der Waals surface area contributed by atoms with Crippen LogP contribution in [-0.2, 0) is 4.79 Å². The summed E-state index contributed by atoms with van der Waals surface area (Å²) in [7, 11) is 2.22. The molecule has 0 aromatic carbocycles. The molecule has 2 heterocycles. The highest BCUT2D eigenvalue weighted by atomic mass is 16.1. The van der Waals surface area contributed by atoms with Gasteiger partial charge in [0, 0.05) is 18.1 Å². The molecule has 2 saturated heterocycles. The molecule has 4 nitrogen and oxygen atoms in total. The molecule has 2 aliphatic rings. The van der Waals surface area contributed by atoms with E-state index in [0.717, 1.165) is 12.8 Å². The van der Waals surface area contributed by atoms with Crippen LogP contribution in [0.3, 0.4) is 0 Å². The van der Waals surface area contributed by atoms with E-state index in [-0.39, 0.29) is 5.91 Å². The molecule has 18 heavy (non-hydrogen) atoms. The molecule has 0 aliphatic carbocycles. The molecule has 2 atom stereocenters. The van der Waals surface area contributed by atoms with E-state index in [1.165, 1.54) is 19.3 Å². The molecule has 0 spiro atoms. The highest BCUT2D eigenvalue weighted by Gasteiger charge is 2.36. The van der Waals surface area contributed by atoms with Crippen LogP contribution < -0.4 is 10.6 Å². The average Bonchev–Trinajstić information content (AvgIpc) is 2.31. The van der Waals surface area contributed by atoms with Crippen molar-refractivity contribution in [2.75, 3.05) is 20.1 Å². The third-order valence-corrected chi connectivity index (χ3v) is 4.22. The van der Waals surface area contributed by atoms with Gasteiger partial charge < -0.3 is 10.2 Å². The lowest BCUT2D eigenvalue weighted by Crippen LogP contribution is -2.56. The van der Waals surface area contributed by atoms with Crippen molar-refractivity contribution in [3.05, 3.63) is 0 Å². The third kappa shape index (κ3) is 3.24. The van der Waals surface area contributed by atoms with Crippen LogP contribution in [0.5, 0.6) is 0 Å². The van der Waals surface area contributed by atoms with Crippen molar-refractivity contribution in [1.82, 2.24) is 15.5 Å². The van der Waals surface area contributed by atoms with Crippen molar-refractivity contribution in [2.45, 2.75) is 50.2 Å². The quantitative estimate of drug-likeness (QED) is 0.558. The maximum atomic E-state index is 11.7. The van der Waals surface area contributed by atoms with Crippen LogP contribution in [-0.4, -0.2) is 49.1 Å². The maximum Gasteiger partial charge on any atom is 0.234 e. The minimum Gasteiger partial charge on any atom is -0.352 e. The second kappa shape index (κ2) is 6.21. The van der Waals surface area contributed by atoms with Crippen molar-refractivity contribution in [3.63, 3.8) is 0 Å². The molecule has 2 unspecified atom stereocenters. The molecule has 0 aromatic heterocycles. The Labute approximate surface area is 109 Å². The number of carbonyl (C=O) groups is 1. The molecule has 2 N–H and O–H groups in total. The SMILES string of the molecule is C#CCNCC(=O)NC1CC2CCCC(C1)N2C. The normalized spacial score (nSPS) is 31.7. The highest BCUT2D eigenvalue weighted by Crippen LogP contribution is 2.32. The Hall–Kier alpha value is -1.05. The van der Waals surface area contributed by atoms with Crippen molar-refractivity contribution < 1.29 is 4.79 Å². The van der Waals surface area contributed by atoms with Gasteiger partial charge in [-0.2, -0.15) is 0 Å². The van der Waals surface area contributed by atoms with E-state index in [1.807, 2.05) is 0 Å². The van der Waals surface area contributed by atoms with Crippen molar-refractivity contribution in [3.8, 4) is 12.3 Å². The van der Waals surface area contributed by atoms with E-state index < -0.39 is 0 Å². The van der Waals surface area contributed by atoms with Gasteiger partial charge in [0.1, 0.15) is 0 Å². The van der Waals surface area contributed by atoms with Gasteiger partial charge in [-0.05, 0) is 32.7 Å². The zero-order valence-corrected chi connectivity index (χ0v) is 11.1. The number of terminal acetylenes is 1. The molecule has 2 bridgehead atoms. The van der Waals surface area contributed by atoms with Crippen molar-refractivity contribution in [1.29, 1.82) is 0 Å². The second-order valence-electron chi connectivity index (χ2n) is 5.45. The standard InChI is InChI=1S/C14H23N3O/c1-3-7-15-10-14(18)16-11-8-12-5-4-6-13(9-11)17(12)2/h1,11-13,15H,4-10H2,2H3,(H,16,18). The number of fused-ring (bicyclic) bond motifs is 2. The monoisotopic (exact) mass is 249 g/mol. The van der Waals surface area contributed by atoms with E-state index in [2.05, 4.69) is 28.5 Å². The lowest BCUT2D eigenvalue weighted by atomic mass is 9.82. The van der Waals surface area contributed by atoms with E-state index in [1.54, 1.807) is 0 Å². The summed E-state index contributed by atoms with van der Waals surface area (Å²) in [5.41, 5.74) is 0. The first-order valence-corrected chi connectivity index (χ1v) is 6.86. The molecule has 0 aromatic rings. The Kier molecular flexibility index (Phi) is 4.62. The number of hydrogen-bond donors (Lipinski definition) is 2. The predicted octanol–water partition coefficient (Wildman–Crippen LogP) is 0.341. The first-order chi connectivity index (χ1) is 8.70. The number of piperidine rings is 2. The summed E-state index contributed by atoms with van der Waals surface area (Å²) in [5.74, 6) is 2.53. The molecule has 1 amide bonds. The molecule has 2 aliphatic heterocycles. The third-order valence-electron chi connectivity index (χ3n) is 4.22. The molecule has 0 saturated carbocycles. The summed E-state index contributed by atoms with van der Waals surface area (Å²) in [4.78, 5) is 14.2. The zero-order chi connectivity index (χ0) is 13.0. The Morgan fingerprint density at radius 3 is 2.67 bits per heavy atom. The topological polar surface area (TPSA) is 44.4 Å². The van der Waals surface area contributed by atoms with E-state index in [0.29, 0.717) is 31.2 Å². The Bertz CT molecular complexity index is 322. The van der Waals surface area contributed by atoms with Gasteiger partial charge in [-0.3, -0.25) is 10.1 Å². The number of amides is 1. The fourth-order valence-corrected chi connectivity index (χ4v) is 3.26. The fourth-order valence-electron chi connectivity index (χ4n) is 3.26. The molecule has 2 rings (SSSR count). The second-order valence-corrected chi connectivity index (χ2v) is 5.45. The van der Waals surface area contributed by atoms with Gasteiger partial charge in [-0.1, -0.05) is 12.3 Å². The Morgan fingerprint density at radius 2 is 2.06 bits per heavy atom. The summed E-state index contributed by atoms with van der Waals surface area (Å²) < 4.78 is 0. The Balaban J connectivity index is 1.77. The van der Waals surface area contributed by atoms with Gasteiger partial charge in [-0.25, -0.2) is 0 Å². The van der Waals surface area contributed by atoms with Crippen molar-refractivity contribution in [2.24, 2.45) is 0 Å². The van der Waals surface area contributed by atoms with Gasteiger partial charge in [0.2, 0.25) is 5.91 Å². The lowest BCUT2D eigenvalue weighted by Gasteiger charge is -2.47. The summed E-state index contributed by atoms with van der Waals surface area (Å²) in [5, 5.41) is 6.06. The molecular formula is C14H23N3O. The first kappa shape index (κ1) is 13.4. The molecule has 4 heteroatoms. The molecule has 100 valence electrons. The summed E-state index contributed by atoms with van der Waals surface area (Å²) in [6.45, 7) is 0.776.